The van der Waals surface area contributed by atoms with Gasteiger partial charge in [-0.05, 0) is 37.1 Å². The van der Waals surface area contributed by atoms with Gasteiger partial charge in [0.2, 0.25) is 11.8 Å². The molecule has 1 N–H and O–H groups in total. The molecule has 2 heterocycles. The van der Waals surface area contributed by atoms with Gasteiger partial charge in [0.25, 0.3) is 11.6 Å². The number of nitrogens with one attached hydrogen (secondary N) is 1. The molecule has 1 fully saturated rings. The van der Waals surface area contributed by atoms with Crippen LogP contribution >= 0.6 is 11.8 Å². The van der Waals surface area contributed by atoms with E-state index in [0.29, 0.717) is 27.8 Å². The summed E-state index contributed by atoms with van der Waals surface area (Å²) in [6.45, 7) is 0. The maximum Gasteiger partial charge on any atom is 0.269 e. The molecule has 0 bridgehead atoms. The highest BCUT2D eigenvalue weighted by Crippen LogP contribution is 2.29. The molecule has 2 aromatic carbocycles. The van der Waals surface area contributed by atoms with Crippen molar-refractivity contribution in [1.82, 2.24) is 20.5 Å². The van der Waals surface area contributed by atoms with Gasteiger partial charge in [-0.15, -0.1) is 10.2 Å². The monoisotopic (exact) mass is 447 g/mol. The molecule has 9 nitrogen and oxygen atoms in total. The molecule has 0 aliphatic heterocycles. The van der Waals surface area contributed by atoms with Gasteiger partial charge < -0.3 is 9.73 Å². The molecule has 0 atom stereocenters. The van der Waals surface area contributed by atoms with E-state index in [4.69, 9.17) is 4.42 Å². The Hall–Kier alpha value is -3.79. The number of carbonyl (C=O) groups excluding carboxylic acids is 1. The Bertz CT molecular complexity index is 1320. The van der Waals surface area contributed by atoms with Crippen LogP contribution in [0.25, 0.3) is 22.4 Å². The smallest absolute Gasteiger partial charge is 0.269 e. The van der Waals surface area contributed by atoms with Crippen LogP contribution in [0, 0.1) is 10.1 Å². The molecule has 1 saturated carbocycles. The van der Waals surface area contributed by atoms with Crippen molar-refractivity contribution in [2.24, 2.45) is 0 Å². The van der Waals surface area contributed by atoms with Crippen LogP contribution in [-0.4, -0.2) is 32.1 Å². The molecule has 5 rings (SSSR count). The number of aromatic nitrogens is 3. The predicted octanol–water partition coefficient (Wildman–Crippen LogP) is 4.38. The van der Waals surface area contributed by atoms with E-state index >= 15 is 0 Å². The molecule has 10 heteroatoms. The van der Waals surface area contributed by atoms with Crippen LogP contribution in [0.5, 0.6) is 0 Å². The van der Waals surface area contributed by atoms with Crippen molar-refractivity contribution < 1.29 is 14.1 Å². The quantitative estimate of drug-likeness (QED) is 0.251. The maximum atomic E-state index is 12.7. The third-order valence-electron chi connectivity index (χ3n) is 4.99. The van der Waals surface area contributed by atoms with Gasteiger partial charge in [-0.25, -0.2) is 4.98 Å². The van der Waals surface area contributed by atoms with Crippen molar-refractivity contribution in [2.45, 2.75) is 29.7 Å². The van der Waals surface area contributed by atoms with Gasteiger partial charge >= 0.3 is 0 Å². The zero-order valence-corrected chi connectivity index (χ0v) is 17.5. The summed E-state index contributed by atoms with van der Waals surface area (Å²) in [7, 11) is 0. The van der Waals surface area contributed by atoms with Crippen LogP contribution in [0.15, 0.2) is 64.0 Å². The van der Waals surface area contributed by atoms with Crippen molar-refractivity contribution in [2.75, 3.05) is 0 Å². The summed E-state index contributed by atoms with van der Waals surface area (Å²) in [5, 5.41) is 23.4. The minimum absolute atomic E-state index is 0.00653. The highest BCUT2D eigenvalue weighted by molar-refractivity contribution is 7.98. The van der Waals surface area contributed by atoms with E-state index in [1.807, 2.05) is 24.3 Å². The SMILES string of the molecule is O=C(NC1CC1)c1cc(SCc2nnc(-c3ccc([N+](=O)[O-])cc3)o2)nc2ccccc12. The first kappa shape index (κ1) is 20.1. The normalized spacial score (nSPS) is 13.2. The summed E-state index contributed by atoms with van der Waals surface area (Å²) >= 11 is 1.39. The van der Waals surface area contributed by atoms with E-state index in [9.17, 15) is 14.9 Å². The lowest BCUT2D eigenvalue weighted by Crippen LogP contribution is -2.25. The van der Waals surface area contributed by atoms with E-state index in [2.05, 4.69) is 20.5 Å². The number of carbonyl (C=O) groups is 1. The highest BCUT2D eigenvalue weighted by atomic mass is 32.2. The largest absolute Gasteiger partial charge is 0.420 e. The van der Waals surface area contributed by atoms with Crippen molar-refractivity contribution in [3.8, 4) is 11.5 Å². The number of para-hydroxylation sites is 1. The first-order chi connectivity index (χ1) is 15.6. The van der Waals surface area contributed by atoms with Crippen LogP contribution in [0.3, 0.4) is 0 Å². The van der Waals surface area contributed by atoms with E-state index < -0.39 is 4.92 Å². The number of hydrogen-bond acceptors (Lipinski definition) is 8. The van der Waals surface area contributed by atoms with Gasteiger partial charge in [0.15, 0.2) is 0 Å². The Labute approximate surface area is 186 Å². The molecule has 4 aromatic rings. The number of benzene rings is 2. The van der Waals surface area contributed by atoms with Gasteiger partial charge in [-0.2, -0.15) is 0 Å². The number of rotatable bonds is 7. The zero-order chi connectivity index (χ0) is 22.1. The number of nitrogens with zero attached hydrogens (tertiary/aromatic N) is 4. The molecule has 1 aliphatic carbocycles. The maximum absolute atomic E-state index is 12.7. The molecule has 0 saturated heterocycles. The first-order valence-electron chi connectivity index (χ1n) is 9.97. The molecule has 0 unspecified atom stereocenters. The van der Waals surface area contributed by atoms with Gasteiger partial charge in [0, 0.05) is 29.1 Å². The van der Waals surface area contributed by atoms with E-state index in [-0.39, 0.29) is 23.5 Å². The number of thioether (sulfide) groups is 1. The molecule has 0 radical (unpaired) electrons. The standard InChI is InChI=1S/C22H17N5O4S/c28-21(23-14-7-8-14)17-11-20(24-18-4-2-1-3-16(17)18)32-12-19-25-26-22(31-19)13-5-9-15(10-6-13)27(29)30/h1-6,9-11,14H,7-8,12H2,(H,23,28). The van der Waals surface area contributed by atoms with Crippen molar-refractivity contribution in [1.29, 1.82) is 0 Å². The second-order valence-corrected chi connectivity index (χ2v) is 8.36. The summed E-state index contributed by atoms with van der Waals surface area (Å²) < 4.78 is 5.70. The number of non-ortho nitro benzene ring substituents is 1. The molecular formula is C22H17N5O4S. The van der Waals surface area contributed by atoms with Crippen LogP contribution in [0.1, 0.15) is 29.1 Å². The molecular weight excluding hydrogens is 430 g/mol. The van der Waals surface area contributed by atoms with Gasteiger partial charge in [-0.3, -0.25) is 14.9 Å². The molecule has 1 aliphatic rings. The topological polar surface area (TPSA) is 124 Å². The lowest BCUT2D eigenvalue weighted by atomic mass is 10.1. The Morgan fingerprint density at radius 2 is 1.94 bits per heavy atom. The average Bonchev–Trinajstić information content (AvgIpc) is 3.50. The third-order valence-corrected chi connectivity index (χ3v) is 5.88. The number of hydrogen-bond donors (Lipinski definition) is 1. The van der Waals surface area contributed by atoms with Crippen LogP contribution in [0.2, 0.25) is 0 Å². The van der Waals surface area contributed by atoms with E-state index in [0.717, 1.165) is 23.7 Å². The second-order valence-electron chi connectivity index (χ2n) is 7.37. The Balaban J connectivity index is 1.34. The number of fused-ring (bicyclic) bond motifs is 1. The lowest BCUT2D eigenvalue weighted by Gasteiger charge is -2.09. The Morgan fingerprint density at radius 1 is 1.16 bits per heavy atom. The van der Waals surface area contributed by atoms with Crippen molar-refractivity contribution >= 4 is 34.3 Å². The number of pyridine rings is 1. The second kappa shape index (κ2) is 8.39. The fraction of sp³-hybridized carbons (Fsp3) is 0.182. The van der Waals surface area contributed by atoms with Crippen LogP contribution < -0.4 is 5.32 Å². The minimum atomic E-state index is -0.463. The summed E-state index contributed by atoms with van der Waals surface area (Å²) in [4.78, 5) is 27.7. The number of nitro benzene ring substituents is 1. The van der Waals surface area contributed by atoms with Gasteiger partial charge in [0.05, 0.1) is 26.8 Å². The van der Waals surface area contributed by atoms with Crippen molar-refractivity contribution in [3.05, 3.63) is 76.2 Å². The number of nitro groups is 1. The molecule has 32 heavy (non-hydrogen) atoms. The summed E-state index contributed by atoms with van der Waals surface area (Å²) in [6, 6.07) is 15.5. The molecule has 1 amide bonds. The highest BCUT2D eigenvalue weighted by Gasteiger charge is 2.25. The van der Waals surface area contributed by atoms with Gasteiger partial charge in [-0.1, -0.05) is 30.0 Å². The molecule has 0 spiro atoms. The first-order valence-corrected chi connectivity index (χ1v) is 11.0. The van der Waals surface area contributed by atoms with Crippen LogP contribution in [0.4, 0.5) is 5.69 Å². The predicted molar refractivity (Wildman–Crippen MR) is 118 cm³/mol. The fourth-order valence-electron chi connectivity index (χ4n) is 3.19. The number of amides is 1. The Kier molecular flexibility index (Phi) is 5.28. The molecule has 160 valence electrons. The average molecular weight is 447 g/mol. The minimum Gasteiger partial charge on any atom is -0.420 e. The van der Waals surface area contributed by atoms with Crippen molar-refractivity contribution in [3.63, 3.8) is 0 Å². The van der Waals surface area contributed by atoms with Crippen LogP contribution in [-0.2, 0) is 5.75 Å². The lowest BCUT2D eigenvalue weighted by molar-refractivity contribution is -0.384. The third kappa shape index (κ3) is 4.30. The fourth-order valence-corrected chi connectivity index (χ4v) is 3.95. The van der Waals surface area contributed by atoms with Gasteiger partial charge in [0.1, 0.15) is 0 Å². The zero-order valence-electron chi connectivity index (χ0n) is 16.7. The molecule has 2 aromatic heterocycles. The Morgan fingerprint density at radius 3 is 2.69 bits per heavy atom. The van der Waals surface area contributed by atoms with E-state index in [1.54, 1.807) is 18.2 Å². The summed E-state index contributed by atoms with van der Waals surface area (Å²) in [5.41, 5.74) is 1.94. The summed E-state index contributed by atoms with van der Waals surface area (Å²) in [6.07, 6.45) is 2.04. The summed E-state index contributed by atoms with van der Waals surface area (Å²) in [5.74, 6) is 0.953. The van der Waals surface area contributed by atoms with E-state index in [1.165, 1.54) is 23.9 Å².